The highest BCUT2D eigenvalue weighted by Gasteiger charge is 2.52. The maximum atomic E-state index is 11.7. The Labute approximate surface area is 637 Å². The molecule has 8 atom stereocenters. The quantitative estimate of drug-likeness (QED) is 0.0312. The minimum atomic E-state index is -1.05. The maximum Gasteiger partial charge on any atom is 0.494 e. The summed E-state index contributed by atoms with van der Waals surface area (Å²) in [5.41, 5.74) is 24.5. The monoisotopic (exact) mass is 1500 g/mol. The van der Waals surface area contributed by atoms with E-state index in [2.05, 4.69) is 167 Å². The van der Waals surface area contributed by atoms with Crippen molar-refractivity contribution in [3.05, 3.63) is 278 Å². The number of fused-ring (bicyclic) bond motifs is 6. The zero-order valence-electron chi connectivity index (χ0n) is 61.6. The molecule has 17 rings (SSSR count). The van der Waals surface area contributed by atoms with Crippen LogP contribution in [0.1, 0.15) is 101 Å². The van der Waals surface area contributed by atoms with Crippen molar-refractivity contribution in [3.63, 3.8) is 0 Å². The van der Waals surface area contributed by atoms with E-state index in [4.69, 9.17) is 24.4 Å². The molecular formula is C90H95BBrN5O10. The first-order chi connectivity index (χ1) is 51.8. The zero-order valence-corrected chi connectivity index (χ0v) is 63.2. The minimum absolute atomic E-state index is 0.0268. The van der Waals surface area contributed by atoms with Crippen LogP contribution in [0, 0.1) is 46.8 Å². The molecule has 0 saturated carbocycles. The Morgan fingerprint density at radius 3 is 1.22 bits per heavy atom. The molecule has 5 N–H and O–H groups in total. The number of hydrogen-bond donors (Lipinski definition) is 5. The highest BCUT2D eigenvalue weighted by molar-refractivity contribution is 9.10. The summed E-state index contributed by atoms with van der Waals surface area (Å²) < 4.78 is 18.2. The summed E-state index contributed by atoms with van der Waals surface area (Å²) in [4.78, 5) is 39.9. The van der Waals surface area contributed by atoms with Crippen LogP contribution in [0.25, 0.3) is 45.0 Å². The Morgan fingerprint density at radius 2 is 0.822 bits per heavy atom. The van der Waals surface area contributed by atoms with Crippen molar-refractivity contribution in [1.29, 1.82) is 5.26 Å². The molecule has 10 aromatic rings. The highest BCUT2D eigenvalue weighted by atomic mass is 79.9. The van der Waals surface area contributed by atoms with Gasteiger partial charge >= 0.3 is 13.1 Å². The molecule has 0 bridgehead atoms. The number of ether oxygens (including phenoxy) is 1. The second-order valence-electron chi connectivity index (χ2n) is 30.1. The lowest BCUT2D eigenvalue weighted by Gasteiger charge is -2.32. The molecule has 107 heavy (non-hydrogen) atoms. The minimum Gasteiger partial charge on any atom is -0.464 e. The molecule has 1 fully saturated rings. The number of hydrogen-bond acceptors (Lipinski definition) is 15. The molecular weight excluding hydrogens is 1400 g/mol. The number of halogens is 1. The number of benzene rings is 6. The molecule has 6 aromatic carbocycles. The summed E-state index contributed by atoms with van der Waals surface area (Å²) in [7, 11) is -0.293. The Kier molecular flexibility index (Phi) is 25.8. The normalized spacial score (nSPS) is 20.0. The van der Waals surface area contributed by atoms with Crippen molar-refractivity contribution in [3.8, 4) is 51.1 Å². The lowest BCUT2D eigenvalue weighted by molar-refractivity contribution is -0.155. The van der Waals surface area contributed by atoms with E-state index >= 15 is 0 Å². The Bertz CT molecular complexity index is 4700. The van der Waals surface area contributed by atoms with Crippen molar-refractivity contribution in [1.82, 2.24) is 19.9 Å². The number of aromatic nitrogens is 4. The molecule has 0 radical (unpaired) electrons. The molecule has 0 spiro atoms. The average molecular weight is 1500 g/mol. The summed E-state index contributed by atoms with van der Waals surface area (Å²) in [5.74, 6) is 0.804. The van der Waals surface area contributed by atoms with Gasteiger partial charge in [-0.15, -0.1) is 0 Å². The van der Waals surface area contributed by atoms with Gasteiger partial charge in [-0.1, -0.05) is 113 Å². The fourth-order valence-electron chi connectivity index (χ4n) is 15.4. The fraction of sp³-hybridized carbons (Fsp3) is 0.344. The van der Waals surface area contributed by atoms with E-state index in [1.807, 2.05) is 91.1 Å². The first kappa shape index (κ1) is 77.4. The topological polar surface area (TPSA) is 238 Å². The maximum absolute atomic E-state index is 11.7. The van der Waals surface area contributed by atoms with Crippen molar-refractivity contribution in [2.75, 3.05) is 26.4 Å². The molecule has 6 aliphatic carbocycles. The fourth-order valence-corrected chi connectivity index (χ4v) is 15.8. The van der Waals surface area contributed by atoms with Gasteiger partial charge in [0.05, 0.1) is 46.7 Å². The number of aliphatic hydroxyl groups excluding tert-OH is 5. The lowest BCUT2D eigenvalue weighted by Crippen LogP contribution is -2.41. The van der Waals surface area contributed by atoms with Crippen LogP contribution >= 0.6 is 15.9 Å². The number of nitrogens with zero attached hydrogens (tertiary/aromatic N) is 5. The molecule has 8 unspecified atom stereocenters. The van der Waals surface area contributed by atoms with Crippen LogP contribution in [0.3, 0.4) is 0 Å². The van der Waals surface area contributed by atoms with Gasteiger partial charge in [-0.25, -0.2) is 4.79 Å². The van der Waals surface area contributed by atoms with Gasteiger partial charge in [0.1, 0.15) is 12.4 Å². The second kappa shape index (κ2) is 35.7. The summed E-state index contributed by atoms with van der Waals surface area (Å²) in [6, 6.07) is 63.7. The Morgan fingerprint density at radius 1 is 0.486 bits per heavy atom. The Balaban J connectivity index is 0.000000121. The first-order valence-electron chi connectivity index (χ1n) is 37.4. The first-order valence-corrected chi connectivity index (χ1v) is 38.2. The molecule has 15 nitrogen and oxygen atoms in total. The number of carbonyl (C=O) groups excluding carboxylic acids is 2. The number of pyridine rings is 4. The molecule has 0 amide bonds. The number of aliphatic hydroxyl groups is 5. The van der Waals surface area contributed by atoms with Gasteiger partial charge in [0.15, 0.2) is 6.10 Å². The van der Waals surface area contributed by atoms with Crippen LogP contribution in [0.4, 0.5) is 0 Å². The summed E-state index contributed by atoms with van der Waals surface area (Å²) in [5, 5.41) is 56.1. The van der Waals surface area contributed by atoms with Crippen LogP contribution in [-0.2, 0) is 101 Å². The van der Waals surface area contributed by atoms with E-state index < -0.39 is 18.2 Å². The van der Waals surface area contributed by atoms with Crippen molar-refractivity contribution >= 4 is 40.8 Å². The predicted molar refractivity (Wildman–Crippen MR) is 422 cm³/mol. The molecule has 17 heteroatoms. The predicted octanol–water partition coefficient (Wildman–Crippen LogP) is 13.7. The summed E-state index contributed by atoms with van der Waals surface area (Å²) in [6.07, 6.45) is 17.1. The van der Waals surface area contributed by atoms with E-state index in [-0.39, 0.29) is 49.3 Å². The number of esters is 1. The number of rotatable bonds is 13. The third-order valence-electron chi connectivity index (χ3n) is 22.1. The summed E-state index contributed by atoms with van der Waals surface area (Å²) >= 11 is 3.44. The number of aldehydes is 1. The van der Waals surface area contributed by atoms with Crippen molar-refractivity contribution < 1.29 is 49.2 Å². The van der Waals surface area contributed by atoms with E-state index in [1.165, 1.54) is 72.3 Å². The van der Waals surface area contributed by atoms with E-state index in [0.29, 0.717) is 43.8 Å². The standard InChI is InChI=1S/C18H19NO3.C16H23BO3.C16H14N2O.C15H15NO.C15H13NO.C10H11BrO/c1-2-22-18(21)17(20)15-9-12-6-7-13(10-14(12)11-15)16-5-3-4-8-19-16;1-15(2)16(3,4)20-17(19-15)14-6-5-12-7-11(10-18)8-13(12)9-14;17-10-16(19)14-7-11-4-5-12(8-13(11)9-14)15-3-1-2-6-18-15;2*17-10-11-7-12-4-5-13(9-14(12)8-11)15-3-1-2-6-16-15;11-10-2-1-8-3-7(6-12)4-9(8)5-10/h3-8,10,15,17,20H,2,9,11H2,1H3;5-6,9,11,18H,7-8,10H2,1-4H3;1-6,8,14,16,19H,7,9H2;1-6,9,11,17H,7-8,10H2;1-6,9-11H,7-8H2;1-2,5,7,12H,3-4,6H2. The van der Waals surface area contributed by atoms with Crippen LogP contribution in [-0.4, -0.2) is 115 Å². The largest absolute Gasteiger partial charge is 0.494 e. The zero-order chi connectivity index (χ0) is 75.2. The van der Waals surface area contributed by atoms with Crippen LogP contribution in [0.5, 0.6) is 0 Å². The van der Waals surface area contributed by atoms with Gasteiger partial charge in [-0.3, -0.25) is 19.9 Å². The van der Waals surface area contributed by atoms with Crippen LogP contribution in [0.2, 0.25) is 0 Å². The van der Waals surface area contributed by atoms with Crippen LogP contribution < -0.4 is 5.46 Å². The molecule has 550 valence electrons. The third kappa shape index (κ3) is 19.2. The third-order valence-corrected chi connectivity index (χ3v) is 22.5. The molecule has 1 saturated heterocycles. The van der Waals surface area contributed by atoms with E-state index in [1.54, 1.807) is 25.5 Å². The molecule has 5 heterocycles. The molecule has 4 aromatic heterocycles. The highest BCUT2D eigenvalue weighted by Crippen LogP contribution is 2.39. The molecule has 7 aliphatic rings. The second-order valence-corrected chi connectivity index (χ2v) is 31.0. The van der Waals surface area contributed by atoms with E-state index in [0.717, 1.165) is 120 Å². The van der Waals surface area contributed by atoms with Gasteiger partial charge < -0.3 is 44.4 Å². The van der Waals surface area contributed by atoms with Gasteiger partial charge in [0.25, 0.3) is 0 Å². The smallest absolute Gasteiger partial charge is 0.464 e. The number of carbonyl (C=O) groups is 2. The SMILES string of the molecule is CC1(C)OB(c2ccc3c(c2)CC(CO)C3)OC1(C)C.CCOC(=O)C(O)C1Cc2ccc(-c3ccccn3)cc2C1.N#CC(O)C1Cc2ccc(-c3ccccn3)cc2C1.O=CC1Cc2ccc(-c3ccccn3)cc2C1.OCC1Cc2ccc(-c3ccccn3)cc2C1.OCC1Cc2ccc(Br)cc2C1. The Hall–Kier alpha value is -9.19. The van der Waals surface area contributed by atoms with Crippen LogP contribution in [0.15, 0.2) is 211 Å². The number of nitriles is 1. The van der Waals surface area contributed by atoms with Gasteiger partial charge in [-0.2, -0.15) is 5.26 Å². The molecule has 1 aliphatic heterocycles. The lowest BCUT2D eigenvalue weighted by atomic mass is 9.78. The van der Waals surface area contributed by atoms with Gasteiger partial charge in [-0.05, 0) is 287 Å². The summed E-state index contributed by atoms with van der Waals surface area (Å²) in [6.45, 7) is 11.2. The van der Waals surface area contributed by atoms with Crippen molar-refractivity contribution in [2.45, 2.75) is 135 Å². The average Bonchev–Trinajstić information content (AvgIpc) is 1.61. The van der Waals surface area contributed by atoms with Gasteiger partial charge in [0, 0.05) is 89.1 Å². The van der Waals surface area contributed by atoms with E-state index in [9.17, 15) is 30.0 Å². The van der Waals surface area contributed by atoms with Gasteiger partial charge in [0.2, 0.25) is 0 Å². The van der Waals surface area contributed by atoms with Crippen molar-refractivity contribution in [2.24, 2.45) is 35.5 Å².